The zero-order chi connectivity index (χ0) is 43.7. The quantitative estimate of drug-likeness (QED) is 0.172. The average molecular weight is 848 g/mol. The first-order valence-electron chi connectivity index (χ1n) is 22.3. The van der Waals surface area contributed by atoms with Crippen LogP contribution < -0.4 is 0 Å². The van der Waals surface area contributed by atoms with Crippen LogP contribution in [0, 0.1) is 0 Å². The lowest BCUT2D eigenvalue weighted by atomic mass is 9.79. The fourth-order valence-electron chi connectivity index (χ4n) is 10.8. The number of nitrogens with zero attached hydrogens (tertiary/aromatic N) is 3. The summed E-state index contributed by atoms with van der Waals surface area (Å²) in [5.41, 5.74) is 17.2. The highest BCUT2D eigenvalue weighted by molar-refractivity contribution is 6.15. The number of aromatic nitrogens is 3. The lowest BCUT2D eigenvalue weighted by Crippen LogP contribution is -2.16. The first-order valence-corrected chi connectivity index (χ1v) is 22.3. The van der Waals surface area contributed by atoms with Gasteiger partial charge in [0.05, 0.1) is 0 Å². The van der Waals surface area contributed by atoms with Crippen LogP contribution in [0.2, 0.25) is 0 Å². The van der Waals surface area contributed by atoms with Crippen molar-refractivity contribution in [1.82, 2.24) is 15.0 Å². The third kappa shape index (κ3) is 5.33. The number of hydrogen-bond donors (Lipinski definition) is 0. The third-order valence-corrected chi connectivity index (χ3v) is 13.8. The van der Waals surface area contributed by atoms with Crippen molar-refractivity contribution < 1.29 is 13.3 Å². The molecule has 6 heteroatoms. The Morgan fingerprint density at radius 3 is 1.32 bits per heavy atom. The first-order chi connectivity index (χ1) is 32.5. The molecule has 1 aliphatic carbocycles. The molecule has 0 saturated heterocycles. The summed E-state index contributed by atoms with van der Waals surface area (Å²) in [5, 5.41) is 5.83. The van der Waals surface area contributed by atoms with Gasteiger partial charge in [0, 0.05) is 54.4 Å². The van der Waals surface area contributed by atoms with E-state index < -0.39 is 0 Å². The topological polar surface area (TPSA) is 78.1 Å². The molecule has 0 unspecified atom stereocenters. The Bertz CT molecular complexity index is 4020. The Kier molecular flexibility index (Phi) is 7.64. The number of hydrogen-bond acceptors (Lipinski definition) is 6. The van der Waals surface area contributed by atoms with Crippen LogP contribution in [0.15, 0.2) is 201 Å². The SMILES string of the molecule is CC1(C)c2ccccc2-c2cccc(-c3ccc(-c4ccc5oc6cccc(-c7nc(-c8cccc9oc%10ccccc%10c89)nc(-c8cccc9oc%10ccccc%10c89)n7)c6c5c4)cc3)c21. The van der Waals surface area contributed by atoms with Crippen LogP contribution in [0.3, 0.4) is 0 Å². The fraction of sp³-hybridized carbons (Fsp3) is 0.0500. The van der Waals surface area contributed by atoms with Crippen molar-refractivity contribution in [3.8, 4) is 67.5 Å². The van der Waals surface area contributed by atoms with E-state index in [1.54, 1.807) is 0 Å². The average Bonchev–Trinajstić information content (AvgIpc) is 4.12. The van der Waals surface area contributed by atoms with Crippen LogP contribution in [0.25, 0.3) is 133 Å². The zero-order valence-corrected chi connectivity index (χ0v) is 36.0. The number of para-hydroxylation sites is 2. The van der Waals surface area contributed by atoms with Gasteiger partial charge in [-0.3, -0.25) is 0 Å². The van der Waals surface area contributed by atoms with E-state index in [1.165, 1.54) is 33.4 Å². The van der Waals surface area contributed by atoms with Gasteiger partial charge in [-0.25, -0.2) is 15.0 Å². The summed E-state index contributed by atoms with van der Waals surface area (Å²) in [6.07, 6.45) is 0. The van der Waals surface area contributed by atoms with Crippen LogP contribution in [-0.4, -0.2) is 15.0 Å². The Morgan fingerprint density at radius 2 is 0.727 bits per heavy atom. The van der Waals surface area contributed by atoms with Crippen molar-refractivity contribution in [2.24, 2.45) is 0 Å². The van der Waals surface area contributed by atoms with Gasteiger partial charge >= 0.3 is 0 Å². The second-order valence-corrected chi connectivity index (χ2v) is 17.8. The lowest BCUT2D eigenvalue weighted by molar-refractivity contribution is 0.662. The predicted octanol–water partition coefficient (Wildman–Crippen LogP) is 16.2. The third-order valence-electron chi connectivity index (χ3n) is 13.8. The van der Waals surface area contributed by atoms with E-state index in [2.05, 4.69) is 129 Å². The van der Waals surface area contributed by atoms with Gasteiger partial charge in [-0.1, -0.05) is 159 Å². The van der Waals surface area contributed by atoms with E-state index >= 15 is 0 Å². The van der Waals surface area contributed by atoms with Crippen molar-refractivity contribution in [2.45, 2.75) is 19.3 Å². The summed E-state index contributed by atoms with van der Waals surface area (Å²) < 4.78 is 19.3. The second-order valence-electron chi connectivity index (χ2n) is 17.8. The van der Waals surface area contributed by atoms with Gasteiger partial charge in [-0.15, -0.1) is 0 Å². The number of rotatable bonds is 5. The molecule has 4 heterocycles. The summed E-state index contributed by atoms with van der Waals surface area (Å²) in [6.45, 7) is 4.69. The maximum Gasteiger partial charge on any atom is 0.164 e. The molecule has 0 bridgehead atoms. The van der Waals surface area contributed by atoms with E-state index in [4.69, 9.17) is 28.2 Å². The maximum atomic E-state index is 6.60. The zero-order valence-electron chi connectivity index (χ0n) is 36.0. The smallest absolute Gasteiger partial charge is 0.164 e. The molecule has 13 aromatic rings. The standard InChI is InChI=1S/C60H37N3O3/c1-60(2)46-21-6-3-13-38(46)39-17-9-16-37(56(39)60)35-29-27-34(28-30-35)36-31-32-49-45(33-36)55-44(20-12-26-52(55)66-49)59-62-57(42-18-10-24-50-53(42)40-14-4-7-22-47(40)64-50)61-58(63-59)43-19-11-25-51-54(43)41-15-5-8-23-48(41)65-51/h3-33H,1-2H3. The molecule has 0 atom stereocenters. The Balaban J connectivity index is 0.941. The second kappa shape index (κ2) is 13.7. The minimum atomic E-state index is -0.103. The van der Waals surface area contributed by atoms with Crippen molar-refractivity contribution in [3.63, 3.8) is 0 Å². The number of benzene rings is 9. The Labute approximate surface area is 378 Å². The van der Waals surface area contributed by atoms with E-state index in [0.29, 0.717) is 17.5 Å². The molecule has 0 spiro atoms. The first kappa shape index (κ1) is 36.8. The summed E-state index contributed by atoms with van der Waals surface area (Å²) in [4.78, 5) is 16.0. The van der Waals surface area contributed by atoms with Gasteiger partial charge in [0.15, 0.2) is 17.5 Å². The molecule has 4 aromatic heterocycles. The van der Waals surface area contributed by atoms with Crippen molar-refractivity contribution >= 4 is 65.8 Å². The molecule has 0 amide bonds. The monoisotopic (exact) mass is 847 g/mol. The molecule has 6 nitrogen and oxygen atoms in total. The van der Waals surface area contributed by atoms with Gasteiger partial charge in [0.1, 0.15) is 33.5 Å². The highest BCUT2D eigenvalue weighted by Gasteiger charge is 2.37. The van der Waals surface area contributed by atoms with E-state index in [-0.39, 0.29) is 5.41 Å². The maximum absolute atomic E-state index is 6.60. The molecular formula is C60H37N3O3. The fourth-order valence-corrected chi connectivity index (χ4v) is 10.8. The predicted molar refractivity (Wildman–Crippen MR) is 266 cm³/mol. The molecule has 14 rings (SSSR count). The van der Waals surface area contributed by atoms with Gasteiger partial charge in [0.2, 0.25) is 0 Å². The van der Waals surface area contributed by atoms with Gasteiger partial charge in [-0.2, -0.15) is 0 Å². The highest BCUT2D eigenvalue weighted by Crippen LogP contribution is 2.52. The van der Waals surface area contributed by atoms with Crippen molar-refractivity contribution in [2.75, 3.05) is 0 Å². The van der Waals surface area contributed by atoms with Crippen LogP contribution in [-0.2, 0) is 5.41 Å². The summed E-state index contributed by atoms with van der Waals surface area (Å²) in [5.74, 6) is 1.62. The summed E-state index contributed by atoms with van der Waals surface area (Å²) in [7, 11) is 0. The molecule has 66 heavy (non-hydrogen) atoms. The van der Waals surface area contributed by atoms with Crippen LogP contribution >= 0.6 is 0 Å². The van der Waals surface area contributed by atoms with Gasteiger partial charge in [0.25, 0.3) is 0 Å². The molecule has 0 radical (unpaired) electrons. The van der Waals surface area contributed by atoms with Crippen LogP contribution in [0.4, 0.5) is 0 Å². The van der Waals surface area contributed by atoms with Crippen molar-refractivity contribution in [1.29, 1.82) is 0 Å². The van der Waals surface area contributed by atoms with Crippen LogP contribution in [0.1, 0.15) is 25.0 Å². The highest BCUT2D eigenvalue weighted by atomic mass is 16.3. The Morgan fingerprint density at radius 1 is 0.318 bits per heavy atom. The van der Waals surface area contributed by atoms with Gasteiger partial charge < -0.3 is 13.3 Å². The molecule has 0 fully saturated rings. The number of furan rings is 3. The van der Waals surface area contributed by atoms with E-state index in [9.17, 15) is 0 Å². The number of fused-ring (bicyclic) bond motifs is 12. The normalized spacial score (nSPS) is 13.1. The Hall–Kier alpha value is -8.61. The molecule has 9 aromatic carbocycles. The van der Waals surface area contributed by atoms with E-state index in [1.807, 2.05) is 72.8 Å². The minimum absolute atomic E-state index is 0.103. The molecule has 0 N–H and O–H groups in total. The van der Waals surface area contributed by atoms with E-state index in [0.717, 1.165) is 93.6 Å². The lowest BCUT2D eigenvalue weighted by Gasteiger charge is -2.24. The molecule has 310 valence electrons. The summed E-state index contributed by atoms with van der Waals surface area (Å²) in [6, 6.07) is 65.4. The van der Waals surface area contributed by atoms with Crippen LogP contribution in [0.5, 0.6) is 0 Å². The molecule has 0 aliphatic heterocycles. The van der Waals surface area contributed by atoms with Crippen molar-refractivity contribution in [3.05, 3.63) is 199 Å². The molecular weight excluding hydrogens is 811 g/mol. The molecule has 0 saturated carbocycles. The minimum Gasteiger partial charge on any atom is -0.456 e. The van der Waals surface area contributed by atoms with Gasteiger partial charge in [-0.05, 0) is 87.0 Å². The largest absolute Gasteiger partial charge is 0.456 e. The molecule has 1 aliphatic rings. The summed E-state index contributed by atoms with van der Waals surface area (Å²) >= 11 is 0.